The minimum absolute atomic E-state index is 0.168. The molecule has 2 rings (SSSR count). The second-order valence-electron chi connectivity index (χ2n) is 3.76. The third-order valence-electron chi connectivity index (χ3n) is 2.46. The number of nitrogen functional groups attached to an aromatic ring is 1. The first-order valence-corrected chi connectivity index (χ1v) is 5.88. The topological polar surface area (TPSA) is 86.4 Å². The van der Waals surface area contributed by atoms with Crippen molar-refractivity contribution in [3.05, 3.63) is 12.2 Å². The molecular formula is C11H17N5O2. The van der Waals surface area contributed by atoms with Gasteiger partial charge in [0.2, 0.25) is 11.9 Å². The number of hydrogen-bond donors (Lipinski definition) is 1. The minimum atomic E-state index is 0.168. The van der Waals surface area contributed by atoms with Gasteiger partial charge in [0.25, 0.3) is 0 Å². The fourth-order valence-corrected chi connectivity index (χ4v) is 1.55. The number of hydrogen-bond acceptors (Lipinski definition) is 7. The lowest BCUT2D eigenvalue weighted by Crippen LogP contribution is -2.37. The Bertz CT molecular complexity index is 418. The number of rotatable bonds is 4. The van der Waals surface area contributed by atoms with Gasteiger partial charge in [0.1, 0.15) is 6.61 Å². The first-order chi connectivity index (χ1) is 8.79. The van der Waals surface area contributed by atoms with Crippen molar-refractivity contribution in [1.82, 2.24) is 15.0 Å². The summed E-state index contributed by atoms with van der Waals surface area (Å²) in [5.41, 5.74) is 5.65. The quantitative estimate of drug-likeness (QED) is 0.767. The molecule has 1 aromatic heterocycles. The molecule has 7 nitrogen and oxygen atoms in total. The van der Waals surface area contributed by atoms with Crippen LogP contribution in [0.5, 0.6) is 6.01 Å². The molecule has 0 atom stereocenters. The van der Waals surface area contributed by atoms with Crippen molar-refractivity contribution in [2.75, 3.05) is 43.5 Å². The molecule has 0 aliphatic carbocycles. The molecule has 0 spiro atoms. The lowest BCUT2D eigenvalue weighted by molar-refractivity contribution is 0.122. The number of nitrogens with zero attached hydrogens (tertiary/aromatic N) is 4. The van der Waals surface area contributed by atoms with E-state index in [4.69, 9.17) is 15.2 Å². The van der Waals surface area contributed by atoms with Gasteiger partial charge < -0.3 is 20.1 Å². The highest BCUT2D eigenvalue weighted by molar-refractivity contribution is 5.36. The fourth-order valence-electron chi connectivity index (χ4n) is 1.55. The van der Waals surface area contributed by atoms with Crippen molar-refractivity contribution < 1.29 is 9.47 Å². The summed E-state index contributed by atoms with van der Waals surface area (Å²) in [6, 6.07) is 0.252. The Morgan fingerprint density at radius 1 is 1.33 bits per heavy atom. The van der Waals surface area contributed by atoms with Crippen LogP contribution in [-0.2, 0) is 4.74 Å². The third-order valence-corrected chi connectivity index (χ3v) is 2.46. The highest BCUT2D eigenvalue weighted by Gasteiger charge is 2.16. The van der Waals surface area contributed by atoms with Gasteiger partial charge in [-0.25, -0.2) is 0 Å². The second kappa shape index (κ2) is 6.15. The first-order valence-electron chi connectivity index (χ1n) is 5.88. The smallest absolute Gasteiger partial charge is 0.323 e. The summed E-state index contributed by atoms with van der Waals surface area (Å²) in [5, 5.41) is 0. The van der Waals surface area contributed by atoms with Crippen molar-refractivity contribution >= 4 is 11.9 Å². The van der Waals surface area contributed by atoms with E-state index in [1.807, 2.05) is 24.0 Å². The Labute approximate surface area is 106 Å². The molecule has 2 N–H and O–H groups in total. The summed E-state index contributed by atoms with van der Waals surface area (Å²) in [5.74, 6) is 0.711. The summed E-state index contributed by atoms with van der Waals surface area (Å²) in [6.45, 7) is 5.17. The molecule has 1 saturated heterocycles. The van der Waals surface area contributed by atoms with E-state index in [-0.39, 0.29) is 12.0 Å². The summed E-state index contributed by atoms with van der Waals surface area (Å²) in [4.78, 5) is 14.3. The maximum Gasteiger partial charge on any atom is 0.323 e. The predicted molar refractivity (Wildman–Crippen MR) is 67.6 cm³/mol. The van der Waals surface area contributed by atoms with Crippen LogP contribution in [0.4, 0.5) is 11.9 Å². The Hall–Kier alpha value is -1.89. The largest absolute Gasteiger partial charge is 0.459 e. The molecule has 0 bridgehead atoms. The first kappa shape index (κ1) is 12.6. The summed E-state index contributed by atoms with van der Waals surface area (Å²) >= 11 is 0. The Morgan fingerprint density at radius 3 is 2.83 bits per heavy atom. The van der Waals surface area contributed by atoms with Crippen LogP contribution in [0.3, 0.4) is 0 Å². The SMILES string of the molecule is C/C=C/COc1nc(N)nc(N2CCOCC2)n1. The number of aromatic nitrogens is 3. The van der Waals surface area contributed by atoms with Crippen LogP contribution in [-0.4, -0.2) is 47.9 Å². The zero-order valence-corrected chi connectivity index (χ0v) is 10.4. The van der Waals surface area contributed by atoms with Gasteiger partial charge in [-0.2, -0.15) is 15.0 Å². The van der Waals surface area contributed by atoms with Crippen molar-refractivity contribution in [1.29, 1.82) is 0 Å². The van der Waals surface area contributed by atoms with Crippen molar-refractivity contribution in [3.63, 3.8) is 0 Å². The van der Waals surface area contributed by atoms with Gasteiger partial charge in [-0.15, -0.1) is 0 Å². The van der Waals surface area contributed by atoms with E-state index in [9.17, 15) is 0 Å². The normalized spacial score (nSPS) is 16.2. The molecule has 1 fully saturated rings. The Morgan fingerprint density at radius 2 is 2.11 bits per heavy atom. The number of morpholine rings is 1. The summed E-state index contributed by atoms with van der Waals surface area (Å²) in [7, 11) is 0. The highest BCUT2D eigenvalue weighted by atomic mass is 16.5. The number of nitrogens with two attached hydrogens (primary N) is 1. The second-order valence-corrected chi connectivity index (χ2v) is 3.76. The summed E-state index contributed by atoms with van der Waals surface area (Å²) < 4.78 is 10.6. The molecule has 0 amide bonds. The molecule has 1 aliphatic heterocycles. The summed E-state index contributed by atoms with van der Waals surface area (Å²) in [6.07, 6.45) is 3.77. The molecule has 98 valence electrons. The molecule has 0 saturated carbocycles. The van der Waals surface area contributed by atoms with E-state index in [1.54, 1.807) is 0 Å². The molecular weight excluding hydrogens is 234 g/mol. The molecule has 1 aliphatic rings. The van der Waals surface area contributed by atoms with Crippen molar-refractivity contribution in [3.8, 4) is 6.01 Å². The van der Waals surface area contributed by atoms with Crippen LogP contribution < -0.4 is 15.4 Å². The van der Waals surface area contributed by atoms with Crippen LogP contribution >= 0.6 is 0 Å². The average molecular weight is 251 g/mol. The van der Waals surface area contributed by atoms with Crippen molar-refractivity contribution in [2.45, 2.75) is 6.92 Å². The van der Waals surface area contributed by atoms with E-state index >= 15 is 0 Å². The Balaban J connectivity index is 2.09. The predicted octanol–water partition coefficient (Wildman–Crippen LogP) is 0.245. The number of anilines is 2. The molecule has 2 heterocycles. The van der Waals surface area contributed by atoms with Gasteiger partial charge in [0.15, 0.2) is 0 Å². The molecule has 1 aromatic rings. The van der Waals surface area contributed by atoms with Gasteiger partial charge in [0.05, 0.1) is 13.2 Å². The maximum absolute atomic E-state index is 5.65. The van der Waals surface area contributed by atoms with E-state index in [2.05, 4.69) is 15.0 Å². The maximum atomic E-state index is 5.65. The molecule has 18 heavy (non-hydrogen) atoms. The van der Waals surface area contributed by atoms with Gasteiger partial charge >= 0.3 is 6.01 Å². The average Bonchev–Trinajstić information content (AvgIpc) is 2.39. The highest BCUT2D eigenvalue weighted by Crippen LogP contribution is 2.14. The molecule has 0 aromatic carbocycles. The van der Waals surface area contributed by atoms with Crippen LogP contribution in [0.15, 0.2) is 12.2 Å². The standard InChI is InChI=1S/C11H17N5O2/c1-2-3-6-18-11-14-9(12)13-10(15-11)16-4-7-17-8-5-16/h2-3H,4-8H2,1H3,(H2,12,13,14,15)/b3-2+. The van der Waals surface area contributed by atoms with Gasteiger partial charge in [-0.05, 0) is 6.92 Å². The van der Waals surface area contributed by atoms with Crippen LogP contribution in [0.25, 0.3) is 0 Å². The van der Waals surface area contributed by atoms with Gasteiger partial charge in [0, 0.05) is 13.1 Å². The van der Waals surface area contributed by atoms with Gasteiger partial charge in [-0.1, -0.05) is 12.2 Å². The zero-order chi connectivity index (χ0) is 12.8. The molecule has 7 heteroatoms. The fraction of sp³-hybridized carbons (Fsp3) is 0.545. The minimum Gasteiger partial charge on any atom is -0.459 e. The zero-order valence-electron chi connectivity index (χ0n) is 10.4. The van der Waals surface area contributed by atoms with Gasteiger partial charge in [-0.3, -0.25) is 0 Å². The van der Waals surface area contributed by atoms with Crippen LogP contribution in [0, 0.1) is 0 Å². The lowest BCUT2D eigenvalue weighted by atomic mass is 10.4. The van der Waals surface area contributed by atoms with Crippen LogP contribution in [0.1, 0.15) is 6.92 Å². The molecule has 0 radical (unpaired) electrons. The van der Waals surface area contributed by atoms with E-state index < -0.39 is 0 Å². The van der Waals surface area contributed by atoms with E-state index in [0.29, 0.717) is 25.8 Å². The monoisotopic (exact) mass is 251 g/mol. The number of allylic oxidation sites excluding steroid dienone is 1. The third kappa shape index (κ3) is 3.30. The van der Waals surface area contributed by atoms with Crippen LogP contribution in [0.2, 0.25) is 0 Å². The molecule has 0 unspecified atom stereocenters. The number of ether oxygens (including phenoxy) is 2. The van der Waals surface area contributed by atoms with E-state index in [1.165, 1.54) is 0 Å². The lowest BCUT2D eigenvalue weighted by Gasteiger charge is -2.26. The Kier molecular flexibility index (Phi) is 4.30. The van der Waals surface area contributed by atoms with E-state index in [0.717, 1.165) is 13.1 Å². The van der Waals surface area contributed by atoms with Crippen molar-refractivity contribution in [2.24, 2.45) is 0 Å².